The summed E-state index contributed by atoms with van der Waals surface area (Å²) >= 11 is 0. The normalized spacial score (nSPS) is 11.4. The minimum Gasteiger partial charge on any atom is -0.457 e. The van der Waals surface area contributed by atoms with E-state index in [0.29, 0.717) is 28.8 Å². The highest BCUT2D eigenvalue weighted by molar-refractivity contribution is 5.91. The molecule has 0 saturated heterocycles. The molecular weight excluding hydrogens is 437 g/mol. The Balaban J connectivity index is 1.56. The summed E-state index contributed by atoms with van der Waals surface area (Å²) in [6.07, 6.45) is -2.95. The molecule has 2 aromatic heterocycles. The third kappa shape index (κ3) is 5.04. The van der Waals surface area contributed by atoms with Crippen LogP contribution in [-0.2, 0) is 18.0 Å². The molecule has 0 atom stereocenters. The van der Waals surface area contributed by atoms with Gasteiger partial charge in [0.15, 0.2) is 0 Å². The van der Waals surface area contributed by atoms with E-state index in [4.69, 9.17) is 10.5 Å². The number of ether oxygens (including phenoxy) is 1. The molecule has 11 heteroatoms. The van der Waals surface area contributed by atoms with Gasteiger partial charge < -0.3 is 25.7 Å². The molecule has 2 aromatic carbocycles. The lowest BCUT2D eigenvalue weighted by atomic mass is 10.2. The predicted octanol–water partition coefficient (Wildman–Crippen LogP) is 4.42. The van der Waals surface area contributed by atoms with Gasteiger partial charge in [-0.2, -0.15) is 13.2 Å². The Morgan fingerprint density at radius 1 is 1.12 bits per heavy atom. The summed E-state index contributed by atoms with van der Waals surface area (Å²) < 4.78 is 46.5. The first-order chi connectivity index (χ1) is 15.7. The number of alkyl halides is 3. The molecule has 0 unspecified atom stereocenters. The van der Waals surface area contributed by atoms with E-state index in [2.05, 4.69) is 20.6 Å². The molecule has 8 nitrogen and oxygen atoms in total. The Bertz CT molecular complexity index is 1320. The number of hydrogen-bond acceptors (Lipinski definition) is 6. The van der Waals surface area contributed by atoms with E-state index in [-0.39, 0.29) is 18.1 Å². The minimum atomic E-state index is -4.43. The molecular formula is C22H19F3N6O2. The molecule has 0 radical (unpaired) electrons. The van der Waals surface area contributed by atoms with E-state index >= 15 is 0 Å². The van der Waals surface area contributed by atoms with Crippen molar-refractivity contribution in [3.63, 3.8) is 0 Å². The Morgan fingerprint density at radius 3 is 2.67 bits per heavy atom. The van der Waals surface area contributed by atoms with Gasteiger partial charge in [0.2, 0.25) is 11.9 Å². The lowest BCUT2D eigenvalue weighted by Crippen LogP contribution is -2.22. The average Bonchev–Trinajstić information content (AvgIpc) is 3.08. The van der Waals surface area contributed by atoms with Gasteiger partial charge in [-0.3, -0.25) is 4.79 Å². The fraction of sp³-hybridized carbons (Fsp3) is 0.136. The lowest BCUT2D eigenvalue weighted by molar-refractivity contribution is -0.137. The van der Waals surface area contributed by atoms with Gasteiger partial charge in [-0.25, -0.2) is 9.97 Å². The quantitative estimate of drug-likeness (QED) is 0.397. The van der Waals surface area contributed by atoms with Crippen molar-refractivity contribution in [2.24, 2.45) is 12.8 Å². The first-order valence-corrected chi connectivity index (χ1v) is 9.77. The number of aromatic nitrogens is 3. The van der Waals surface area contributed by atoms with E-state index in [1.165, 1.54) is 18.3 Å². The number of pyridine rings is 1. The molecule has 0 aliphatic heterocycles. The number of rotatable bonds is 6. The summed E-state index contributed by atoms with van der Waals surface area (Å²) in [7, 11) is 1.75. The second-order valence-corrected chi connectivity index (χ2v) is 7.08. The summed E-state index contributed by atoms with van der Waals surface area (Å²) in [6, 6.07) is 13.3. The second-order valence-electron chi connectivity index (χ2n) is 7.08. The molecule has 0 aliphatic carbocycles. The number of imidazole rings is 1. The molecule has 0 fully saturated rings. The second kappa shape index (κ2) is 8.79. The van der Waals surface area contributed by atoms with Crippen LogP contribution in [0.15, 0.2) is 60.8 Å². The zero-order valence-corrected chi connectivity index (χ0v) is 17.3. The number of fused-ring (bicyclic) bond motifs is 1. The van der Waals surface area contributed by atoms with Gasteiger partial charge in [-0.15, -0.1) is 0 Å². The molecule has 4 N–H and O–H groups in total. The van der Waals surface area contributed by atoms with Gasteiger partial charge in [0.1, 0.15) is 17.3 Å². The van der Waals surface area contributed by atoms with Crippen molar-refractivity contribution in [2.75, 3.05) is 17.2 Å². The van der Waals surface area contributed by atoms with Crippen molar-refractivity contribution in [2.45, 2.75) is 6.18 Å². The molecule has 0 spiro atoms. The van der Waals surface area contributed by atoms with Crippen LogP contribution in [0.5, 0.6) is 11.5 Å². The Morgan fingerprint density at radius 2 is 1.91 bits per heavy atom. The summed E-state index contributed by atoms with van der Waals surface area (Å²) in [4.78, 5) is 20.0. The number of aryl methyl sites for hydroxylation is 1. The highest BCUT2D eigenvalue weighted by atomic mass is 19.4. The highest BCUT2D eigenvalue weighted by Gasteiger charge is 2.30. The molecule has 1 amide bonds. The maximum atomic E-state index is 13.0. The molecule has 0 saturated carbocycles. The topological polar surface area (TPSA) is 107 Å². The molecule has 0 bridgehead atoms. The number of nitrogens with one attached hydrogen (secondary N) is 2. The molecule has 4 rings (SSSR count). The summed E-state index contributed by atoms with van der Waals surface area (Å²) in [5.74, 6) is 1.21. The van der Waals surface area contributed by atoms with E-state index in [1.807, 2.05) is 0 Å². The Hall–Kier alpha value is -4.12. The van der Waals surface area contributed by atoms with E-state index in [9.17, 15) is 18.0 Å². The van der Waals surface area contributed by atoms with E-state index < -0.39 is 11.7 Å². The number of anilines is 3. The van der Waals surface area contributed by atoms with Crippen molar-refractivity contribution < 1.29 is 22.7 Å². The van der Waals surface area contributed by atoms with Gasteiger partial charge in [-0.1, -0.05) is 6.07 Å². The van der Waals surface area contributed by atoms with E-state index in [0.717, 1.165) is 17.6 Å². The van der Waals surface area contributed by atoms with Crippen molar-refractivity contribution in [3.8, 4) is 11.5 Å². The summed E-state index contributed by atoms with van der Waals surface area (Å²) in [6.45, 7) is -0.167. The van der Waals surface area contributed by atoms with E-state index in [1.54, 1.807) is 41.9 Å². The van der Waals surface area contributed by atoms with Gasteiger partial charge in [0.25, 0.3) is 0 Å². The number of nitrogens with two attached hydrogens (primary N) is 1. The maximum absolute atomic E-state index is 13.0. The van der Waals surface area contributed by atoms with Crippen molar-refractivity contribution in [3.05, 3.63) is 66.4 Å². The van der Waals surface area contributed by atoms with Crippen LogP contribution in [0.3, 0.4) is 0 Å². The zero-order valence-electron chi connectivity index (χ0n) is 17.3. The third-order valence-corrected chi connectivity index (χ3v) is 4.72. The third-order valence-electron chi connectivity index (χ3n) is 4.72. The largest absolute Gasteiger partial charge is 0.457 e. The number of nitrogens with zero attached hydrogens (tertiary/aromatic N) is 3. The number of carbonyl (C=O) groups is 1. The standard InChI is InChI=1S/C22H19F3N6O2/c1-31-18-6-5-15(33-16-7-8-27-19(11-16)30-20(32)12-26)10-17(18)29-21(31)28-14-4-2-3-13(9-14)22(23,24)25/h2-11H,12,26H2,1H3,(H,28,29)(H,27,30,32). The SMILES string of the molecule is Cn1c(Nc2cccc(C(F)(F)F)c2)nc2cc(Oc3ccnc(NC(=O)CN)c3)ccc21. The smallest absolute Gasteiger partial charge is 0.416 e. The van der Waals surface area contributed by atoms with Crippen LogP contribution < -0.4 is 21.1 Å². The van der Waals surface area contributed by atoms with Crippen LogP contribution in [0.25, 0.3) is 11.0 Å². The number of carbonyl (C=O) groups excluding carboxylic acids is 1. The first kappa shape index (κ1) is 22.1. The Kier molecular flexibility index (Phi) is 5.88. The van der Waals surface area contributed by atoms with Crippen molar-refractivity contribution >= 4 is 34.4 Å². The molecule has 2 heterocycles. The monoisotopic (exact) mass is 456 g/mol. The highest BCUT2D eigenvalue weighted by Crippen LogP contribution is 2.32. The fourth-order valence-electron chi connectivity index (χ4n) is 3.13. The number of amides is 1. The minimum absolute atomic E-state index is 0.167. The number of halogens is 3. The van der Waals surface area contributed by atoms with Crippen molar-refractivity contribution in [1.29, 1.82) is 0 Å². The Labute approximate surface area is 186 Å². The number of benzene rings is 2. The zero-order chi connectivity index (χ0) is 23.6. The molecule has 170 valence electrons. The van der Waals surface area contributed by atoms with Gasteiger partial charge in [0.05, 0.1) is 23.1 Å². The average molecular weight is 456 g/mol. The van der Waals surface area contributed by atoms with Gasteiger partial charge in [-0.05, 0) is 36.4 Å². The van der Waals surface area contributed by atoms with Crippen LogP contribution in [0.1, 0.15) is 5.56 Å². The van der Waals surface area contributed by atoms with Crippen molar-refractivity contribution in [1.82, 2.24) is 14.5 Å². The summed E-state index contributed by atoms with van der Waals surface area (Å²) in [5, 5.41) is 5.47. The fourth-order valence-corrected chi connectivity index (χ4v) is 3.13. The van der Waals surface area contributed by atoms with Crippen LogP contribution in [0.2, 0.25) is 0 Å². The molecule has 4 aromatic rings. The maximum Gasteiger partial charge on any atom is 0.416 e. The van der Waals surface area contributed by atoms with Gasteiger partial charge >= 0.3 is 6.18 Å². The summed E-state index contributed by atoms with van der Waals surface area (Å²) in [5.41, 5.74) is 6.14. The van der Waals surface area contributed by atoms with Gasteiger partial charge in [0, 0.05) is 31.1 Å². The molecule has 0 aliphatic rings. The first-order valence-electron chi connectivity index (χ1n) is 9.77. The molecule has 33 heavy (non-hydrogen) atoms. The lowest BCUT2D eigenvalue weighted by Gasteiger charge is -2.10. The predicted molar refractivity (Wildman–Crippen MR) is 117 cm³/mol. The number of hydrogen-bond donors (Lipinski definition) is 3. The van der Waals surface area contributed by atoms with Crippen LogP contribution >= 0.6 is 0 Å². The van der Waals surface area contributed by atoms with Crippen LogP contribution in [-0.4, -0.2) is 27.0 Å². The van der Waals surface area contributed by atoms with Crippen LogP contribution in [0.4, 0.5) is 30.6 Å². The van der Waals surface area contributed by atoms with Crippen LogP contribution in [0, 0.1) is 0 Å².